The number of anilines is 3. The summed E-state index contributed by atoms with van der Waals surface area (Å²) in [6.45, 7) is 0. The molecule has 5 aromatic heterocycles. The van der Waals surface area contributed by atoms with Crippen LogP contribution in [0.5, 0.6) is 0 Å². The fourth-order valence-electron chi connectivity index (χ4n) is 15.2. The fourth-order valence-corrected chi connectivity index (χ4v) is 15.2. The third kappa shape index (κ3) is 11.4. The van der Waals surface area contributed by atoms with Crippen LogP contribution in [0.25, 0.3) is 183 Å². The van der Waals surface area contributed by atoms with Gasteiger partial charge in [0.1, 0.15) is 22.3 Å². The van der Waals surface area contributed by atoms with Gasteiger partial charge in [0.2, 0.25) is 0 Å². The summed E-state index contributed by atoms with van der Waals surface area (Å²) in [5.74, 6) is 3.58. The molecule has 5 heterocycles. The Hall–Kier alpha value is -14.7. The summed E-state index contributed by atoms with van der Waals surface area (Å²) in [4.78, 5) is 32.4. The zero-order valence-electron chi connectivity index (χ0n) is 58.2. The summed E-state index contributed by atoms with van der Waals surface area (Å²) in [5.41, 5.74) is 19.7. The van der Waals surface area contributed by atoms with Crippen LogP contribution in [0.1, 0.15) is 0 Å². The Bertz CT molecular complexity index is 6800. The van der Waals surface area contributed by atoms with Gasteiger partial charge in [-0.25, -0.2) is 29.9 Å². The Balaban J connectivity index is 0.000000142. The van der Waals surface area contributed by atoms with E-state index in [9.17, 15) is 0 Å². The number of benzene rings is 16. The largest absolute Gasteiger partial charge is 0.455 e. The van der Waals surface area contributed by atoms with Crippen molar-refractivity contribution in [3.8, 4) is 96.3 Å². The van der Waals surface area contributed by atoms with Crippen molar-refractivity contribution >= 4 is 104 Å². The van der Waals surface area contributed by atoms with Gasteiger partial charge in [-0.05, 0) is 147 Å². The lowest BCUT2D eigenvalue weighted by Gasteiger charge is -2.25. The first-order chi connectivity index (χ1) is 53.5. The highest BCUT2D eigenvalue weighted by atomic mass is 16.3. The maximum absolute atomic E-state index is 6.91. The second-order valence-corrected chi connectivity index (χ2v) is 26.9. The van der Waals surface area contributed by atoms with Crippen LogP contribution >= 0.6 is 0 Å². The molecule has 0 saturated carbocycles. The highest BCUT2D eigenvalue weighted by Crippen LogP contribution is 2.46. The minimum atomic E-state index is 0.565. The molecule has 506 valence electrons. The number of nitrogens with zero attached hydrogens (tertiary/aromatic N) is 8. The fraction of sp³-hybridized carbons (Fsp3) is 0. The molecule has 16 aromatic carbocycles. The molecule has 0 radical (unpaired) electrons. The van der Waals surface area contributed by atoms with E-state index in [2.05, 4.69) is 252 Å². The Morgan fingerprint density at radius 2 is 0.556 bits per heavy atom. The van der Waals surface area contributed by atoms with E-state index >= 15 is 0 Å². The molecule has 0 fully saturated rings. The first-order valence-corrected chi connectivity index (χ1v) is 36.1. The van der Waals surface area contributed by atoms with Gasteiger partial charge in [-0.15, -0.1) is 0 Å². The number of hydrogen-bond acceptors (Lipinski definition) is 9. The van der Waals surface area contributed by atoms with E-state index in [4.69, 9.17) is 38.7 Å². The molecule has 0 spiro atoms. The molecule has 21 aromatic rings. The molecule has 21 rings (SSSR count). The van der Waals surface area contributed by atoms with Gasteiger partial charge in [0.15, 0.2) is 34.9 Å². The molecule has 0 saturated heterocycles. The number of rotatable bonds is 12. The third-order valence-electron chi connectivity index (χ3n) is 20.3. The lowest BCUT2D eigenvalue weighted by molar-refractivity contribution is 0.669. The highest BCUT2D eigenvalue weighted by Gasteiger charge is 2.25. The first kappa shape index (κ1) is 63.0. The normalized spacial score (nSPS) is 11.5. The SMILES string of the molecule is c1ccc(-c2nc(-c3ccccc3)nc(-c3cc4ccccc4c4c3oc3cc(-c5ccc(N(c6ccccc6)c6ccccc6)cc5)ccc34)n2)cc1.c1ccc(-c2nc(-c3ccccc3)nc(-c3cc4ccccc4c4c3oc3cc(-c5ccc6c(c5)c5ccccc5n6-c5ccccc5)ccc34)n2)cc1. The Morgan fingerprint density at radius 3 is 1.01 bits per heavy atom. The van der Waals surface area contributed by atoms with Gasteiger partial charge in [0.25, 0.3) is 0 Å². The van der Waals surface area contributed by atoms with E-state index in [-0.39, 0.29) is 0 Å². The van der Waals surface area contributed by atoms with Gasteiger partial charge >= 0.3 is 0 Å². The summed E-state index contributed by atoms with van der Waals surface area (Å²) in [6, 6.07) is 130. The average molecular weight is 1380 g/mol. The number of aromatic nitrogens is 7. The van der Waals surface area contributed by atoms with Crippen LogP contribution in [0.4, 0.5) is 17.1 Å². The molecular weight excluding hydrogens is 1320 g/mol. The van der Waals surface area contributed by atoms with Crippen molar-refractivity contribution in [2.45, 2.75) is 0 Å². The molecule has 10 nitrogen and oxygen atoms in total. The number of fused-ring (bicyclic) bond motifs is 13. The molecule has 0 unspecified atom stereocenters. The van der Waals surface area contributed by atoms with Crippen LogP contribution in [0, 0.1) is 0 Å². The first-order valence-electron chi connectivity index (χ1n) is 36.1. The average Bonchev–Trinajstić information content (AvgIpc) is 1.57. The Labute approximate surface area is 621 Å². The van der Waals surface area contributed by atoms with Gasteiger partial charge in [0, 0.05) is 77.3 Å². The van der Waals surface area contributed by atoms with Gasteiger partial charge in [-0.2, -0.15) is 0 Å². The monoisotopic (exact) mass is 1380 g/mol. The summed E-state index contributed by atoms with van der Waals surface area (Å²) in [7, 11) is 0. The van der Waals surface area contributed by atoms with Crippen molar-refractivity contribution in [2.24, 2.45) is 0 Å². The highest BCUT2D eigenvalue weighted by molar-refractivity contribution is 6.24. The van der Waals surface area contributed by atoms with Crippen molar-refractivity contribution in [1.29, 1.82) is 0 Å². The molecule has 0 N–H and O–H groups in total. The molecule has 0 aliphatic carbocycles. The maximum atomic E-state index is 6.91. The Morgan fingerprint density at radius 1 is 0.222 bits per heavy atom. The van der Waals surface area contributed by atoms with Crippen LogP contribution in [-0.2, 0) is 0 Å². The predicted octanol–water partition coefficient (Wildman–Crippen LogP) is 25.8. The lowest BCUT2D eigenvalue weighted by Crippen LogP contribution is -2.09. The smallest absolute Gasteiger partial charge is 0.167 e. The van der Waals surface area contributed by atoms with E-state index in [1.54, 1.807) is 0 Å². The summed E-state index contributed by atoms with van der Waals surface area (Å²) < 4.78 is 16.1. The van der Waals surface area contributed by atoms with Crippen molar-refractivity contribution < 1.29 is 8.83 Å². The molecule has 0 aliphatic heterocycles. The molecule has 0 atom stereocenters. The number of para-hydroxylation sites is 4. The van der Waals surface area contributed by atoms with Crippen molar-refractivity contribution in [1.82, 2.24) is 34.5 Å². The minimum Gasteiger partial charge on any atom is -0.455 e. The quantitative estimate of drug-likeness (QED) is 0.118. The van der Waals surface area contributed by atoms with Crippen LogP contribution in [0.3, 0.4) is 0 Å². The van der Waals surface area contributed by atoms with E-state index < -0.39 is 0 Å². The number of furan rings is 2. The van der Waals surface area contributed by atoms with Crippen molar-refractivity contribution in [3.05, 3.63) is 376 Å². The standard InChI is InChI=1S/C49H30N4O.C49H32N4O/c1-4-14-31(15-5-1)47-50-48(32-16-6-2-7-17-32)52-49(51-47)41-29-35-18-10-11-21-37(35)45-39-26-24-34(30-44(39)54-46(41)45)33-25-27-43-40(28-33)38-22-12-13-23-42(38)53(43)36-19-8-3-9-20-36;1-5-15-34(16-6-1)47-50-48(35-17-7-2-8-18-35)52-49(51-47)43-31-37-19-13-14-24-41(37)45-42-30-27-36(32-44(42)54-46(43)45)33-25-28-40(29-26-33)53(38-20-9-3-10-21-38)39-22-11-4-12-23-39/h1-30H;1-32H. The van der Waals surface area contributed by atoms with Gasteiger partial charge in [0.05, 0.1) is 22.2 Å². The zero-order valence-corrected chi connectivity index (χ0v) is 58.2. The summed E-state index contributed by atoms with van der Waals surface area (Å²) in [5, 5.41) is 11.1. The molecular formula is C98H62N8O2. The molecule has 108 heavy (non-hydrogen) atoms. The maximum Gasteiger partial charge on any atom is 0.167 e. The molecule has 0 amide bonds. The van der Waals surface area contributed by atoms with Gasteiger partial charge < -0.3 is 18.3 Å². The van der Waals surface area contributed by atoms with Crippen LogP contribution in [-0.4, -0.2) is 34.5 Å². The third-order valence-corrected chi connectivity index (χ3v) is 20.3. The number of hydrogen-bond donors (Lipinski definition) is 0. The second kappa shape index (κ2) is 26.8. The van der Waals surface area contributed by atoms with Gasteiger partial charge in [-0.3, -0.25) is 0 Å². The summed E-state index contributed by atoms with van der Waals surface area (Å²) in [6.07, 6.45) is 0. The zero-order chi connectivity index (χ0) is 71.4. The molecule has 0 bridgehead atoms. The second-order valence-electron chi connectivity index (χ2n) is 26.9. The van der Waals surface area contributed by atoms with E-state index in [0.717, 1.165) is 144 Å². The Kier molecular flexibility index (Phi) is 15.6. The van der Waals surface area contributed by atoms with Crippen LogP contribution in [0.15, 0.2) is 385 Å². The van der Waals surface area contributed by atoms with Gasteiger partial charge in [-0.1, -0.05) is 273 Å². The van der Waals surface area contributed by atoms with E-state index in [1.165, 1.54) is 21.8 Å². The summed E-state index contributed by atoms with van der Waals surface area (Å²) >= 11 is 0. The molecule has 10 heteroatoms. The van der Waals surface area contributed by atoms with Crippen molar-refractivity contribution in [2.75, 3.05) is 4.90 Å². The lowest BCUT2D eigenvalue weighted by atomic mass is 9.98. The minimum absolute atomic E-state index is 0.565. The van der Waals surface area contributed by atoms with Crippen molar-refractivity contribution in [3.63, 3.8) is 0 Å². The predicted molar refractivity (Wildman–Crippen MR) is 442 cm³/mol. The van der Waals surface area contributed by atoms with E-state index in [0.29, 0.717) is 34.9 Å². The van der Waals surface area contributed by atoms with Crippen LogP contribution in [0.2, 0.25) is 0 Å². The van der Waals surface area contributed by atoms with Crippen LogP contribution < -0.4 is 4.90 Å². The molecule has 0 aliphatic rings. The van der Waals surface area contributed by atoms with E-state index in [1.807, 2.05) is 133 Å². The topological polar surface area (TPSA) is 112 Å².